The standard InChI is InChI=1S/C28H25F6N3/c1-18-16-19(12-14-24(18)36-21-8-4-2-5-9-21)26(27(29,30)31,28(32,33)34)20-13-15-25(23(35)17-20)37-22-10-6-3-7-11-22/h2-10,12-17,22,36-37H,11,35H2,1H3. The van der Waals surface area contributed by atoms with Crippen molar-refractivity contribution in [1.29, 1.82) is 0 Å². The zero-order valence-electron chi connectivity index (χ0n) is 19.8. The lowest BCUT2D eigenvalue weighted by atomic mass is 9.72. The van der Waals surface area contributed by atoms with Gasteiger partial charge in [0.1, 0.15) is 0 Å². The highest BCUT2D eigenvalue weighted by molar-refractivity contribution is 5.70. The zero-order valence-corrected chi connectivity index (χ0v) is 19.8. The molecule has 1 unspecified atom stereocenters. The van der Waals surface area contributed by atoms with Gasteiger partial charge in [0.25, 0.3) is 0 Å². The third-order valence-corrected chi connectivity index (χ3v) is 6.37. The summed E-state index contributed by atoms with van der Waals surface area (Å²) in [5, 5.41) is 6.07. The largest absolute Gasteiger partial charge is 0.411 e. The molecule has 3 aromatic rings. The number of halogens is 6. The summed E-state index contributed by atoms with van der Waals surface area (Å²) in [6.07, 6.45) is -3.45. The summed E-state index contributed by atoms with van der Waals surface area (Å²) in [4.78, 5) is 0. The first kappa shape index (κ1) is 26.2. The highest BCUT2D eigenvalue weighted by Crippen LogP contribution is 2.57. The number of allylic oxidation sites excluding steroid dienone is 2. The third kappa shape index (κ3) is 5.03. The molecule has 9 heteroatoms. The van der Waals surface area contributed by atoms with Crippen molar-refractivity contribution >= 4 is 22.7 Å². The first-order chi connectivity index (χ1) is 17.4. The van der Waals surface area contributed by atoms with Crippen LogP contribution in [0.3, 0.4) is 0 Å². The molecule has 1 aliphatic carbocycles. The molecule has 37 heavy (non-hydrogen) atoms. The Morgan fingerprint density at radius 3 is 1.95 bits per heavy atom. The molecule has 0 saturated carbocycles. The van der Waals surface area contributed by atoms with Crippen molar-refractivity contribution in [1.82, 2.24) is 0 Å². The Kier molecular flexibility index (Phi) is 6.99. The molecule has 3 nitrogen and oxygen atoms in total. The second-order valence-electron chi connectivity index (χ2n) is 8.87. The second kappa shape index (κ2) is 9.88. The fourth-order valence-electron chi connectivity index (χ4n) is 4.51. The first-order valence-corrected chi connectivity index (χ1v) is 11.5. The molecular weight excluding hydrogens is 492 g/mol. The molecule has 0 aliphatic heterocycles. The van der Waals surface area contributed by atoms with E-state index in [-0.39, 0.29) is 23.0 Å². The highest BCUT2D eigenvalue weighted by Gasteiger charge is 2.72. The Morgan fingerprint density at radius 2 is 1.41 bits per heavy atom. The normalized spacial score (nSPS) is 16.0. The van der Waals surface area contributed by atoms with Crippen LogP contribution < -0.4 is 16.4 Å². The molecule has 0 heterocycles. The molecule has 0 bridgehead atoms. The van der Waals surface area contributed by atoms with E-state index < -0.39 is 28.9 Å². The van der Waals surface area contributed by atoms with Crippen LogP contribution in [0.1, 0.15) is 23.1 Å². The molecule has 0 radical (unpaired) electrons. The maximum absolute atomic E-state index is 14.6. The van der Waals surface area contributed by atoms with Gasteiger partial charge in [-0.05, 0) is 60.4 Å². The van der Waals surface area contributed by atoms with Gasteiger partial charge >= 0.3 is 12.4 Å². The fraction of sp³-hybridized carbons (Fsp3) is 0.214. The number of alkyl halides is 6. The molecule has 0 amide bonds. The lowest BCUT2D eigenvalue weighted by molar-refractivity contribution is -0.288. The van der Waals surface area contributed by atoms with E-state index in [4.69, 9.17) is 5.73 Å². The maximum Gasteiger partial charge on any atom is 0.411 e. The summed E-state index contributed by atoms with van der Waals surface area (Å²) in [5.41, 5.74) is 1.07. The van der Waals surface area contributed by atoms with Gasteiger partial charge < -0.3 is 16.4 Å². The van der Waals surface area contributed by atoms with Crippen LogP contribution in [0.5, 0.6) is 0 Å². The lowest BCUT2D eigenvalue weighted by Crippen LogP contribution is -2.54. The van der Waals surface area contributed by atoms with Crippen molar-refractivity contribution in [3.63, 3.8) is 0 Å². The lowest BCUT2D eigenvalue weighted by Gasteiger charge is -2.39. The minimum atomic E-state index is -5.70. The van der Waals surface area contributed by atoms with Gasteiger partial charge in [-0.3, -0.25) is 0 Å². The average Bonchev–Trinajstić information content (AvgIpc) is 2.82. The Balaban J connectivity index is 1.80. The zero-order chi connectivity index (χ0) is 26.8. The average molecular weight is 518 g/mol. The summed E-state index contributed by atoms with van der Waals surface area (Å²) in [6, 6.07) is 14.4. The number of hydrogen-bond donors (Lipinski definition) is 3. The van der Waals surface area contributed by atoms with Crippen LogP contribution in [0, 0.1) is 6.92 Å². The van der Waals surface area contributed by atoms with E-state index in [1.807, 2.05) is 18.2 Å². The van der Waals surface area contributed by atoms with Gasteiger partial charge in [0.15, 0.2) is 0 Å². The van der Waals surface area contributed by atoms with E-state index in [9.17, 15) is 26.3 Å². The van der Waals surface area contributed by atoms with Gasteiger partial charge in [0.2, 0.25) is 5.41 Å². The maximum atomic E-state index is 14.6. The van der Waals surface area contributed by atoms with Crippen LogP contribution in [-0.4, -0.2) is 18.4 Å². The Bertz CT molecular complexity index is 1300. The van der Waals surface area contributed by atoms with E-state index in [2.05, 4.69) is 10.6 Å². The molecule has 1 aliphatic rings. The minimum absolute atomic E-state index is 0.180. The topological polar surface area (TPSA) is 50.1 Å². The SMILES string of the molecule is Cc1cc(C(c2ccc(NC3C=CC=CC3)c(N)c2)(C(F)(F)F)C(F)(F)F)ccc1Nc1ccccc1. The van der Waals surface area contributed by atoms with Gasteiger partial charge in [0, 0.05) is 17.4 Å². The van der Waals surface area contributed by atoms with Crippen molar-refractivity contribution in [2.45, 2.75) is 37.2 Å². The number of rotatable bonds is 6. The number of benzene rings is 3. The number of nitrogens with two attached hydrogens (primary N) is 1. The molecule has 4 rings (SSSR count). The van der Waals surface area contributed by atoms with Crippen LogP contribution in [0.4, 0.5) is 49.1 Å². The minimum Gasteiger partial charge on any atom is -0.397 e. The Labute approximate surface area is 210 Å². The first-order valence-electron chi connectivity index (χ1n) is 11.5. The molecule has 1 atom stereocenters. The summed E-state index contributed by atoms with van der Waals surface area (Å²) in [6.45, 7) is 1.46. The van der Waals surface area contributed by atoms with Crippen molar-refractivity contribution in [3.05, 3.63) is 108 Å². The summed E-state index contributed by atoms with van der Waals surface area (Å²) in [7, 11) is 0. The van der Waals surface area contributed by atoms with Crippen molar-refractivity contribution in [2.75, 3.05) is 16.4 Å². The molecule has 194 valence electrons. The van der Waals surface area contributed by atoms with Crippen LogP contribution >= 0.6 is 0 Å². The summed E-state index contributed by atoms with van der Waals surface area (Å²) < 4.78 is 87.7. The van der Waals surface area contributed by atoms with Crippen molar-refractivity contribution in [3.8, 4) is 0 Å². The van der Waals surface area contributed by atoms with Gasteiger partial charge in [0.05, 0.1) is 11.4 Å². The van der Waals surface area contributed by atoms with Crippen LogP contribution in [0.2, 0.25) is 0 Å². The fourth-order valence-corrected chi connectivity index (χ4v) is 4.51. The van der Waals surface area contributed by atoms with E-state index in [0.29, 0.717) is 17.8 Å². The predicted molar refractivity (Wildman–Crippen MR) is 135 cm³/mol. The monoisotopic (exact) mass is 517 g/mol. The molecule has 4 N–H and O–H groups in total. The number of nitrogen functional groups attached to an aromatic ring is 1. The highest BCUT2D eigenvalue weighted by atomic mass is 19.4. The summed E-state index contributed by atoms with van der Waals surface area (Å²) >= 11 is 0. The van der Waals surface area contributed by atoms with Gasteiger partial charge in [-0.15, -0.1) is 0 Å². The van der Waals surface area contributed by atoms with Crippen LogP contribution in [0.15, 0.2) is 91.0 Å². The van der Waals surface area contributed by atoms with Crippen molar-refractivity contribution < 1.29 is 26.3 Å². The summed E-state index contributed by atoms with van der Waals surface area (Å²) in [5.74, 6) is 0. The van der Waals surface area contributed by atoms with E-state index in [1.54, 1.807) is 36.4 Å². The molecule has 3 aromatic carbocycles. The van der Waals surface area contributed by atoms with E-state index in [0.717, 1.165) is 24.3 Å². The smallest absolute Gasteiger partial charge is 0.397 e. The molecule has 0 spiro atoms. The third-order valence-electron chi connectivity index (χ3n) is 6.37. The van der Waals surface area contributed by atoms with Crippen LogP contribution in [-0.2, 0) is 5.41 Å². The van der Waals surface area contributed by atoms with Gasteiger partial charge in [-0.2, -0.15) is 26.3 Å². The van der Waals surface area contributed by atoms with Crippen LogP contribution in [0.25, 0.3) is 0 Å². The number of hydrogen-bond acceptors (Lipinski definition) is 3. The number of para-hydroxylation sites is 1. The number of aryl methyl sites for hydroxylation is 1. The Hall–Kier alpha value is -3.88. The van der Waals surface area contributed by atoms with E-state index >= 15 is 0 Å². The number of nitrogens with one attached hydrogen (secondary N) is 2. The molecule has 0 aromatic heterocycles. The molecule has 0 saturated heterocycles. The predicted octanol–water partition coefficient (Wildman–Crippen LogP) is 8.03. The Morgan fingerprint density at radius 1 is 0.784 bits per heavy atom. The quantitative estimate of drug-likeness (QED) is 0.229. The molecular formula is C28H25F6N3. The molecule has 0 fully saturated rings. The van der Waals surface area contributed by atoms with Gasteiger partial charge in [-0.25, -0.2) is 0 Å². The van der Waals surface area contributed by atoms with Gasteiger partial charge in [-0.1, -0.05) is 60.7 Å². The number of anilines is 4. The van der Waals surface area contributed by atoms with Crippen molar-refractivity contribution in [2.24, 2.45) is 0 Å². The second-order valence-corrected chi connectivity index (χ2v) is 8.87. The van der Waals surface area contributed by atoms with E-state index in [1.165, 1.54) is 19.1 Å².